The predicted octanol–water partition coefficient (Wildman–Crippen LogP) is 2.99. The quantitative estimate of drug-likeness (QED) is 0.613. The van der Waals surface area contributed by atoms with Crippen LogP contribution in [0.2, 0.25) is 0 Å². The Morgan fingerprint density at radius 2 is 1.93 bits per heavy atom. The Bertz CT molecular complexity index is 410. The van der Waals surface area contributed by atoms with E-state index in [1.165, 1.54) is 0 Å². The molecule has 0 saturated heterocycles. The summed E-state index contributed by atoms with van der Waals surface area (Å²) >= 11 is 0. The van der Waals surface area contributed by atoms with Crippen molar-refractivity contribution in [3.63, 3.8) is 0 Å². The number of carbonyl (C=O) groups excluding carboxylic acids is 1. The zero-order chi connectivity index (χ0) is 9.97. The third-order valence-corrected chi connectivity index (χ3v) is 2.43. The molecule has 0 heterocycles. The van der Waals surface area contributed by atoms with Gasteiger partial charge in [0.15, 0.2) is 5.78 Å². The fourth-order valence-electron chi connectivity index (χ4n) is 1.60. The van der Waals surface area contributed by atoms with Crippen molar-refractivity contribution in [2.75, 3.05) is 0 Å². The minimum absolute atomic E-state index is 0.228. The van der Waals surface area contributed by atoms with Crippen LogP contribution in [-0.4, -0.2) is 5.78 Å². The first kappa shape index (κ1) is 8.95. The molecular formula is C13H12O. The molecule has 0 aliphatic heterocycles. The average molecular weight is 184 g/mol. The lowest BCUT2D eigenvalue weighted by Crippen LogP contribution is -1.94. The van der Waals surface area contributed by atoms with Crippen LogP contribution in [0.25, 0.3) is 6.08 Å². The van der Waals surface area contributed by atoms with Crippen molar-refractivity contribution in [2.24, 2.45) is 0 Å². The summed E-state index contributed by atoms with van der Waals surface area (Å²) in [6, 6.07) is 9.94. The lowest BCUT2D eigenvalue weighted by Gasteiger charge is -1.98. The van der Waals surface area contributed by atoms with E-state index in [9.17, 15) is 4.79 Å². The van der Waals surface area contributed by atoms with Gasteiger partial charge in [0, 0.05) is 12.0 Å². The maximum Gasteiger partial charge on any atom is 0.166 e. The number of hydrogen-bond donors (Lipinski definition) is 0. The third kappa shape index (κ3) is 1.67. The molecule has 0 radical (unpaired) electrons. The fraction of sp³-hybridized carbons (Fsp3) is 0.154. The normalized spacial score (nSPS) is 18.8. The topological polar surface area (TPSA) is 17.1 Å². The van der Waals surface area contributed by atoms with Gasteiger partial charge in [-0.05, 0) is 24.1 Å². The average Bonchev–Trinajstić information content (AvgIpc) is 2.51. The number of Topliss-reactive ketones (excluding diaryl/α,β-unsaturated/α-hetero) is 1. The molecule has 1 aromatic carbocycles. The molecule has 0 atom stereocenters. The number of carbonyl (C=O) groups is 1. The first-order chi connectivity index (χ1) is 6.77. The molecule has 1 heteroatoms. The van der Waals surface area contributed by atoms with Gasteiger partial charge in [0.25, 0.3) is 0 Å². The largest absolute Gasteiger partial charge is 0.294 e. The van der Waals surface area contributed by atoms with Crippen LogP contribution in [0.5, 0.6) is 0 Å². The highest BCUT2D eigenvalue weighted by atomic mass is 16.1. The molecule has 14 heavy (non-hydrogen) atoms. The van der Waals surface area contributed by atoms with E-state index in [4.69, 9.17) is 0 Å². The third-order valence-electron chi connectivity index (χ3n) is 2.43. The van der Waals surface area contributed by atoms with Crippen molar-refractivity contribution in [1.29, 1.82) is 0 Å². The molecule has 2 rings (SSSR count). The Labute approximate surface area is 83.8 Å². The smallest absolute Gasteiger partial charge is 0.166 e. The Balaban J connectivity index is 2.36. The second-order valence-electron chi connectivity index (χ2n) is 3.48. The summed E-state index contributed by atoms with van der Waals surface area (Å²) in [5.41, 5.74) is 3.04. The number of hydrogen-bond acceptors (Lipinski definition) is 1. The maximum atomic E-state index is 11.5. The van der Waals surface area contributed by atoms with Crippen molar-refractivity contribution in [3.05, 3.63) is 53.1 Å². The first-order valence-electron chi connectivity index (χ1n) is 4.74. The fourth-order valence-corrected chi connectivity index (χ4v) is 1.60. The van der Waals surface area contributed by atoms with E-state index < -0.39 is 0 Å². The van der Waals surface area contributed by atoms with E-state index >= 15 is 0 Å². The lowest BCUT2D eigenvalue weighted by atomic mass is 10.1. The van der Waals surface area contributed by atoms with Gasteiger partial charge in [0.05, 0.1) is 0 Å². The highest BCUT2D eigenvalue weighted by Crippen LogP contribution is 2.23. The number of benzene rings is 1. The van der Waals surface area contributed by atoms with Crippen LogP contribution in [-0.2, 0) is 4.79 Å². The summed E-state index contributed by atoms with van der Waals surface area (Å²) in [4.78, 5) is 11.5. The molecule has 1 aliphatic rings. The van der Waals surface area contributed by atoms with Crippen LogP contribution in [0.1, 0.15) is 18.9 Å². The van der Waals surface area contributed by atoms with Crippen LogP contribution >= 0.6 is 0 Å². The van der Waals surface area contributed by atoms with E-state index in [0.29, 0.717) is 6.42 Å². The van der Waals surface area contributed by atoms with Crippen molar-refractivity contribution < 1.29 is 4.79 Å². The van der Waals surface area contributed by atoms with E-state index in [-0.39, 0.29) is 5.78 Å². The highest BCUT2D eigenvalue weighted by Gasteiger charge is 2.16. The molecule has 0 amide bonds. The number of allylic oxidation sites excluding steroid dienone is 3. The molecule has 0 unspecified atom stereocenters. The van der Waals surface area contributed by atoms with Gasteiger partial charge in [-0.2, -0.15) is 0 Å². The zero-order valence-electron chi connectivity index (χ0n) is 8.16. The lowest BCUT2D eigenvalue weighted by molar-refractivity contribution is -0.114. The molecular weight excluding hydrogens is 172 g/mol. The van der Waals surface area contributed by atoms with E-state index in [1.54, 1.807) is 0 Å². The van der Waals surface area contributed by atoms with Crippen LogP contribution in [0, 0.1) is 0 Å². The van der Waals surface area contributed by atoms with Gasteiger partial charge >= 0.3 is 0 Å². The Morgan fingerprint density at radius 3 is 2.50 bits per heavy atom. The highest BCUT2D eigenvalue weighted by molar-refractivity contribution is 6.07. The molecule has 0 spiro atoms. The predicted molar refractivity (Wildman–Crippen MR) is 57.8 cm³/mol. The molecule has 0 N–H and O–H groups in total. The molecule has 0 saturated carbocycles. The second kappa shape index (κ2) is 3.62. The first-order valence-corrected chi connectivity index (χ1v) is 4.74. The number of rotatable bonds is 1. The molecule has 1 aliphatic carbocycles. The summed E-state index contributed by atoms with van der Waals surface area (Å²) < 4.78 is 0. The Morgan fingerprint density at radius 1 is 1.21 bits per heavy atom. The van der Waals surface area contributed by atoms with Gasteiger partial charge in [-0.25, -0.2) is 0 Å². The summed E-state index contributed by atoms with van der Waals surface area (Å²) in [5.74, 6) is 0.228. The van der Waals surface area contributed by atoms with Gasteiger partial charge < -0.3 is 0 Å². The second-order valence-corrected chi connectivity index (χ2v) is 3.48. The monoisotopic (exact) mass is 184 g/mol. The van der Waals surface area contributed by atoms with E-state index in [2.05, 4.69) is 0 Å². The molecule has 1 nitrogen and oxygen atoms in total. The van der Waals surface area contributed by atoms with Crippen LogP contribution in [0.3, 0.4) is 0 Å². The maximum absolute atomic E-state index is 11.5. The molecule has 70 valence electrons. The molecule has 0 bridgehead atoms. The zero-order valence-corrected chi connectivity index (χ0v) is 8.16. The Kier molecular flexibility index (Phi) is 2.32. The SMILES string of the molecule is CC1=CCC(=O)C1=Cc1ccccc1. The summed E-state index contributed by atoms with van der Waals surface area (Å²) in [6.45, 7) is 1.99. The summed E-state index contributed by atoms with van der Waals surface area (Å²) in [7, 11) is 0. The molecule has 1 aromatic rings. The van der Waals surface area contributed by atoms with Crippen molar-refractivity contribution >= 4 is 11.9 Å². The van der Waals surface area contributed by atoms with Crippen molar-refractivity contribution in [1.82, 2.24) is 0 Å². The summed E-state index contributed by atoms with van der Waals surface area (Å²) in [6.07, 6.45) is 4.50. The van der Waals surface area contributed by atoms with Gasteiger partial charge in [-0.15, -0.1) is 0 Å². The number of ketones is 1. The molecule has 0 aromatic heterocycles. The Hall–Kier alpha value is -1.63. The van der Waals surface area contributed by atoms with E-state index in [0.717, 1.165) is 16.7 Å². The molecule has 0 fully saturated rings. The van der Waals surface area contributed by atoms with E-state index in [1.807, 2.05) is 49.4 Å². The van der Waals surface area contributed by atoms with Gasteiger partial charge in [0.2, 0.25) is 0 Å². The van der Waals surface area contributed by atoms with Crippen molar-refractivity contribution in [3.8, 4) is 0 Å². The van der Waals surface area contributed by atoms with Gasteiger partial charge in [-0.1, -0.05) is 36.4 Å². The van der Waals surface area contributed by atoms with Crippen LogP contribution in [0.15, 0.2) is 47.6 Å². The van der Waals surface area contributed by atoms with Gasteiger partial charge in [-0.3, -0.25) is 4.79 Å². The van der Waals surface area contributed by atoms with Crippen molar-refractivity contribution in [2.45, 2.75) is 13.3 Å². The van der Waals surface area contributed by atoms with Crippen LogP contribution < -0.4 is 0 Å². The van der Waals surface area contributed by atoms with Crippen LogP contribution in [0.4, 0.5) is 0 Å². The summed E-state index contributed by atoms with van der Waals surface area (Å²) in [5, 5.41) is 0. The minimum atomic E-state index is 0.228. The minimum Gasteiger partial charge on any atom is -0.294 e. The van der Waals surface area contributed by atoms with Gasteiger partial charge in [0.1, 0.15) is 0 Å². The standard InChI is InChI=1S/C13H12O/c1-10-7-8-13(14)12(10)9-11-5-3-2-4-6-11/h2-7,9H,8H2,1H3.